The van der Waals surface area contributed by atoms with Crippen LogP contribution < -0.4 is 10.0 Å². The molecule has 0 N–H and O–H groups in total. The number of halogens is 1. The second kappa shape index (κ2) is 5.17. The van der Waals surface area contributed by atoms with Crippen molar-refractivity contribution in [2.45, 2.75) is 19.3 Å². The van der Waals surface area contributed by atoms with Gasteiger partial charge in [0.25, 0.3) is 0 Å². The first kappa shape index (κ1) is 13.0. The van der Waals surface area contributed by atoms with Crippen LogP contribution in [0.15, 0.2) is 42.5 Å². The molecule has 2 aromatic carbocycles. The third-order valence-corrected chi connectivity index (χ3v) is 3.85. The van der Waals surface area contributed by atoms with E-state index in [9.17, 15) is 9.90 Å². The molecule has 2 aromatic rings. The summed E-state index contributed by atoms with van der Waals surface area (Å²) in [7, 11) is 0. The van der Waals surface area contributed by atoms with Gasteiger partial charge >= 0.3 is 0 Å². The number of nitrogens with zero attached hydrogens (tertiary/aromatic N) is 1. The molecule has 4 heteroatoms. The number of carbonyl (C=O) groups is 1. The number of amides is 1. The molecule has 3 rings (SSSR count). The maximum Gasteiger partial charge on any atom is 0.146 e. The number of rotatable bonds is 2. The van der Waals surface area contributed by atoms with Crippen LogP contribution in [0.3, 0.4) is 0 Å². The highest BCUT2D eigenvalue weighted by molar-refractivity contribution is 6.31. The lowest BCUT2D eigenvalue weighted by Crippen LogP contribution is -2.38. The van der Waals surface area contributed by atoms with E-state index in [2.05, 4.69) is 6.07 Å². The first-order valence-electron chi connectivity index (χ1n) is 6.54. The van der Waals surface area contributed by atoms with Crippen LogP contribution in [-0.4, -0.2) is 6.09 Å². The smallest absolute Gasteiger partial charge is 0.146 e. The van der Waals surface area contributed by atoms with E-state index in [0.717, 1.165) is 24.8 Å². The minimum absolute atomic E-state index is 0.501. The molecule has 1 aliphatic carbocycles. The Hall–Kier alpha value is -2.00. The van der Waals surface area contributed by atoms with Crippen LogP contribution in [0, 0.1) is 0 Å². The number of aryl methyl sites for hydroxylation is 1. The molecule has 1 aliphatic rings. The van der Waals surface area contributed by atoms with Crippen LogP contribution in [0.5, 0.6) is 0 Å². The van der Waals surface area contributed by atoms with Gasteiger partial charge in [-0.15, -0.1) is 0 Å². The van der Waals surface area contributed by atoms with Gasteiger partial charge in [-0.05, 0) is 54.7 Å². The fraction of sp³-hybridized carbons (Fsp3) is 0.188. The van der Waals surface area contributed by atoms with Crippen LogP contribution in [-0.2, 0) is 12.8 Å². The molecular formula is C16H13ClNO2-. The van der Waals surface area contributed by atoms with E-state index in [0.29, 0.717) is 16.4 Å². The van der Waals surface area contributed by atoms with E-state index in [1.54, 1.807) is 24.3 Å². The Labute approximate surface area is 122 Å². The van der Waals surface area contributed by atoms with Gasteiger partial charge in [0.05, 0.1) is 5.69 Å². The van der Waals surface area contributed by atoms with Crippen molar-refractivity contribution in [2.24, 2.45) is 0 Å². The zero-order chi connectivity index (χ0) is 14.1. The molecule has 0 aliphatic heterocycles. The van der Waals surface area contributed by atoms with Crippen molar-refractivity contribution in [2.75, 3.05) is 4.90 Å². The van der Waals surface area contributed by atoms with Gasteiger partial charge in [0.1, 0.15) is 6.09 Å². The molecule has 0 fully saturated rings. The number of carbonyl (C=O) groups excluding carboxylic acids is 1. The molecule has 0 saturated heterocycles. The van der Waals surface area contributed by atoms with E-state index in [-0.39, 0.29) is 0 Å². The predicted octanol–water partition coefficient (Wildman–Crippen LogP) is 3.31. The standard InChI is InChI=1S/C16H14ClNO2/c17-12-6-3-7-13(10-12)18(16(19)20)15-9-2-5-11-4-1-8-14(11)15/h2-3,5-7,9-10H,1,4,8H2,(H,19,20)/p-1. The fourth-order valence-corrected chi connectivity index (χ4v) is 2.95. The zero-order valence-electron chi connectivity index (χ0n) is 10.8. The molecular weight excluding hydrogens is 274 g/mol. The van der Waals surface area contributed by atoms with Crippen molar-refractivity contribution in [3.05, 3.63) is 58.6 Å². The van der Waals surface area contributed by atoms with Gasteiger partial charge in [-0.1, -0.05) is 29.8 Å². The van der Waals surface area contributed by atoms with Crippen LogP contribution in [0.4, 0.5) is 16.2 Å². The van der Waals surface area contributed by atoms with E-state index in [4.69, 9.17) is 11.6 Å². The molecule has 0 heterocycles. The molecule has 0 bridgehead atoms. The normalized spacial score (nSPS) is 13.1. The topological polar surface area (TPSA) is 43.4 Å². The van der Waals surface area contributed by atoms with Crippen LogP contribution in [0.1, 0.15) is 17.5 Å². The van der Waals surface area contributed by atoms with Crippen molar-refractivity contribution in [1.29, 1.82) is 0 Å². The molecule has 0 atom stereocenters. The van der Waals surface area contributed by atoms with Gasteiger partial charge in [0, 0.05) is 10.7 Å². The summed E-state index contributed by atoms with van der Waals surface area (Å²) in [6, 6.07) is 12.6. The lowest BCUT2D eigenvalue weighted by atomic mass is 10.1. The molecule has 3 nitrogen and oxygen atoms in total. The van der Waals surface area contributed by atoms with Gasteiger partial charge in [-0.25, -0.2) is 0 Å². The Morgan fingerprint density at radius 1 is 1.15 bits per heavy atom. The van der Waals surface area contributed by atoms with Gasteiger partial charge in [0.2, 0.25) is 0 Å². The first-order chi connectivity index (χ1) is 9.66. The minimum Gasteiger partial charge on any atom is -0.529 e. The quantitative estimate of drug-likeness (QED) is 0.850. The monoisotopic (exact) mass is 286 g/mol. The second-order valence-corrected chi connectivity index (χ2v) is 5.29. The summed E-state index contributed by atoms with van der Waals surface area (Å²) in [5.74, 6) is 0. The van der Waals surface area contributed by atoms with Crippen molar-refractivity contribution in [1.82, 2.24) is 0 Å². The summed E-state index contributed by atoms with van der Waals surface area (Å²) in [5, 5.41) is 12.1. The Morgan fingerprint density at radius 2 is 1.95 bits per heavy atom. The molecule has 0 spiro atoms. The molecule has 0 radical (unpaired) electrons. The average molecular weight is 287 g/mol. The third-order valence-electron chi connectivity index (χ3n) is 3.61. The second-order valence-electron chi connectivity index (χ2n) is 4.85. The first-order valence-corrected chi connectivity index (χ1v) is 6.92. The molecule has 0 aromatic heterocycles. The summed E-state index contributed by atoms with van der Waals surface area (Å²) < 4.78 is 0. The summed E-state index contributed by atoms with van der Waals surface area (Å²) >= 11 is 5.96. The average Bonchev–Trinajstić information content (AvgIpc) is 2.88. The number of hydrogen-bond donors (Lipinski definition) is 0. The lowest BCUT2D eigenvalue weighted by Gasteiger charge is -2.27. The number of carboxylic acid groups (broad SMARTS) is 1. The number of benzene rings is 2. The van der Waals surface area contributed by atoms with Crippen LogP contribution in [0.25, 0.3) is 0 Å². The maximum absolute atomic E-state index is 11.6. The summed E-state index contributed by atoms with van der Waals surface area (Å²) in [4.78, 5) is 12.8. The van der Waals surface area contributed by atoms with Crippen LogP contribution in [0.2, 0.25) is 5.02 Å². The molecule has 20 heavy (non-hydrogen) atoms. The van der Waals surface area contributed by atoms with Crippen LogP contribution >= 0.6 is 11.6 Å². The van der Waals surface area contributed by atoms with Crippen molar-refractivity contribution in [3.63, 3.8) is 0 Å². The van der Waals surface area contributed by atoms with E-state index in [1.165, 1.54) is 10.5 Å². The largest absolute Gasteiger partial charge is 0.529 e. The van der Waals surface area contributed by atoms with E-state index < -0.39 is 6.09 Å². The van der Waals surface area contributed by atoms with Gasteiger partial charge < -0.3 is 9.90 Å². The third kappa shape index (κ3) is 2.25. The Kier molecular flexibility index (Phi) is 3.36. The summed E-state index contributed by atoms with van der Waals surface area (Å²) in [6.07, 6.45) is 1.71. The highest BCUT2D eigenvalue weighted by Gasteiger charge is 2.20. The number of anilines is 2. The number of fused-ring (bicyclic) bond motifs is 1. The van der Waals surface area contributed by atoms with E-state index >= 15 is 0 Å². The van der Waals surface area contributed by atoms with Crippen molar-refractivity contribution in [3.8, 4) is 0 Å². The maximum atomic E-state index is 11.6. The number of hydrogen-bond acceptors (Lipinski definition) is 2. The summed E-state index contributed by atoms with van der Waals surface area (Å²) in [5.41, 5.74) is 3.51. The Morgan fingerprint density at radius 3 is 2.70 bits per heavy atom. The Balaban J connectivity index is 2.13. The van der Waals surface area contributed by atoms with Crippen molar-refractivity contribution >= 4 is 29.1 Å². The Bertz CT molecular complexity index is 669. The highest BCUT2D eigenvalue weighted by Crippen LogP contribution is 2.35. The SMILES string of the molecule is O=C([O-])N(c1cccc(Cl)c1)c1cccc2c1CCC2. The van der Waals surface area contributed by atoms with E-state index in [1.807, 2.05) is 12.1 Å². The predicted molar refractivity (Wildman–Crippen MR) is 77.5 cm³/mol. The molecule has 1 amide bonds. The molecule has 0 unspecified atom stereocenters. The van der Waals surface area contributed by atoms with Gasteiger partial charge in [-0.3, -0.25) is 4.90 Å². The molecule has 102 valence electrons. The summed E-state index contributed by atoms with van der Waals surface area (Å²) in [6.45, 7) is 0. The zero-order valence-corrected chi connectivity index (χ0v) is 11.6. The lowest BCUT2D eigenvalue weighted by molar-refractivity contribution is -0.245. The minimum atomic E-state index is -1.24. The van der Waals surface area contributed by atoms with Crippen molar-refractivity contribution < 1.29 is 9.90 Å². The van der Waals surface area contributed by atoms with Gasteiger partial charge in [0.15, 0.2) is 0 Å². The highest BCUT2D eigenvalue weighted by atomic mass is 35.5. The fourth-order valence-electron chi connectivity index (χ4n) is 2.77. The molecule has 0 saturated carbocycles. The van der Waals surface area contributed by atoms with Gasteiger partial charge in [-0.2, -0.15) is 0 Å².